The van der Waals surface area contributed by atoms with E-state index in [2.05, 4.69) is 4.90 Å². The van der Waals surface area contributed by atoms with Crippen molar-refractivity contribution in [1.82, 2.24) is 4.90 Å². The molecule has 3 nitrogen and oxygen atoms in total. The number of nitrogens with zero attached hydrogens (tertiary/aromatic N) is 1. The van der Waals surface area contributed by atoms with E-state index in [9.17, 15) is 9.90 Å². The van der Waals surface area contributed by atoms with Gasteiger partial charge in [-0.15, -0.1) is 0 Å². The highest BCUT2D eigenvalue weighted by Crippen LogP contribution is 2.28. The maximum atomic E-state index is 12.9. The molecule has 0 aromatic carbocycles. The zero-order valence-electron chi connectivity index (χ0n) is 13.0. The molecule has 0 bridgehead atoms. The third-order valence-electron chi connectivity index (χ3n) is 4.98. The molecule has 2 fully saturated rings. The average Bonchev–Trinajstić information content (AvgIpc) is 2.79. The summed E-state index contributed by atoms with van der Waals surface area (Å²) in [6.45, 7) is 2.76. The lowest BCUT2D eigenvalue weighted by Crippen LogP contribution is -2.44. The molecular weight excluding hydrogens is 250 g/mol. The molecule has 2 atom stereocenters. The Hall–Kier alpha value is -0.570. The number of carbonyl (C=O) groups excluding carboxylic acids is 1. The van der Waals surface area contributed by atoms with E-state index in [0.29, 0.717) is 5.91 Å². The molecule has 1 aliphatic carbocycles. The van der Waals surface area contributed by atoms with Crippen molar-refractivity contribution < 1.29 is 9.90 Å². The Morgan fingerprint density at radius 1 is 1.05 bits per heavy atom. The van der Waals surface area contributed by atoms with Crippen molar-refractivity contribution in [1.29, 1.82) is 0 Å². The molecule has 0 radical (unpaired) electrons. The SMILES string of the molecule is CC(O)CC1CCCCCN1C(=O)C1CCCCCC1. The Bertz CT molecular complexity index is 295. The minimum atomic E-state index is -0.303. The normalized spacial score (nSPS) is 27.7. The summed E-state index contributed by atoms with van der Waals surface area (Å²) in [4.78, 5) is 15.0. The molecule has 1 saturated carbocycles. The molecule has 1 N–H and O–H groups in total. The van der Waals surface area contributed by atoms with Crippen LogP contribution in [0.3, 0.4) is 0 Å². The molecule has 0 aromatic heterocycles. The lowest BCUT2D eigenvalue weighted by molar-refractivity contribution is -0.138. The van der Waals surface area contributed by atoms with E-state index in [0.717, 1.165) is 38.6 Å². The summed E-state index contributed by atoms with van der Waals surface area (Å²) in [5.74, 6) is 0.645. The van der Waals surface area contributed by atoms with Gasteiger partial charge in [0.1, 0.15) is 0 Å². The molecule has 2 aliphatic rings. The zero-order valence-corrected chi connectivity index (χ0v) is 13.0. The van der Waals surface area contributed by atoms with E-state index in [-0.39, 0.29) is 18.1 Å². The standard InChI is InChI=1S/C17H31NO2/c1-14(19)13-16-11-7-4-8-12-18(16)17(20)15-9-5-2-3-6-10-15/h14-16,19H,2-13H2,1H3. The Balaban J connectivity index is 2.02. The molecule has 2 unspecified atom stereocenters. The minimum Gasteiger partial charge on any atom is -0.393 e. The highest BCUT2D eigenvalue weighted by Gasteiger charge is 2.31. The molecule has 1 amide bonds. The van der Waals surface area contributed by atoms with Gasteiger partial charge in [0.05, 0.1) is 6.10 Å². The molecule has 3 heteroatoms. The van der Waals surface area contributed by atoms with Crippen molar-refractivity contribution in [3.8, 4) is 0 Å². The quantitative estimate of drug-likeness (QED) is 0.804. The molecule has 2 rings (SSSR count). The third-order valence-corrected chi connectivity index (χ3v) is 4.98. The van der Waals surface area contributed by atoms with E-state index in [1.54, 1.807) is 0 Å². The van der Waals surface area contributed by atoms with Crippen LogP contribution in [0, 0.1) is 5.92 Å². The first-order valence-electron chi connectivity index (χ1n) is 8.67. The van der Waals surface area contributed by atoms with Crippen LogP contribution in [0.25, 0.3) is 0 Å². The van der Waals surface area contributed by atoms with E-state index >= 15 is 0 Å². The summed E-state index contributed by atoms with van der Waals surface area (Å²) in [6, 6.07) is 0.272. The fourth-order valence-electron chi connectivity index (χ4n) is 3.87. The molecule has 116 valence electrons. The van der Waals surface area contributed by atoms with Gasteiger partial charge >= 0.3 is 0 Å². The first-order valence-corrected chi connectivity index (χ1v) is 8.67. The highest BCUT2D eigenvalue weighted by molar-refractivity contribution is 5.79. The Kier molecular flexibility index (Phi) is 6.34. The number of aliphatic hydroxyl groups is 1. The van der Waals surface area contributed by atoms with Crippen LogP contribution in [-0.4, -0.2) is 34.6 Å². The van der Waals surface area contributed by atoms with E-state index < -0.39 is 0 Å². The number of hydrogen-bond acceptors (Lipinski definition) is 2. The summed E-state index contributed by atoms with van der Waals surface area (Å²) in [6.07, 6.45) is 12.3. The van der Waals surface area contributed by atoms with Crippen molar-refractivity contribution in [2.45, 2.75) is 89.7 Å². The van der Waals surface area contributed by atoms with Crippen LogP contribution in [0.15, 0.2) is 0 Å². The van der Waals surface area contributed by atoms with E-state index in [1.165, 1.54) is 38.5 Å². The van der Waals surface area contributed by atoms with Crippen LogP contribution in [-0.2, 0) is 4.79 Å². The van der Waals surface area contributed by atoms with E-state index in [4.69, 9.17) is 0 Å². The number of aliphatic hydroxyl groups excluding tert-OH is 1. The predicted octanol–water partition coefficient (Wildman–Crippen LogP) is 3.50. The number of likely N-dealkylation sites (tertiary alicyclic amines) is 1. The first-order chi connectivity index (χ1) is 9.68. The predicted molar refractivity (Wildman–Crippen MR) is 81.5 cm³/mol. The van der Waals surface area contributed by atoms with Crippen molar-refractivity contribution in [3.63, 3.8) is 0 Å². The average molecular weight is 281 g/mol. The van der Waals surface area contributed by atoms with E-state index in [1.807, 2.05) is 6.92 Å². The van der Waals surface area contributed by atoms with Crippen LogP contribution in [0.4, 0.5) is 0 Å². The van der Waals surface area contributed by atoms with Gasteiger partial charge in [0.15, 0.2) is 0 Å². The molecular formula is C17H31NO2. The lowest BCUT2D eigenvalue weighted by atomic mass is 9.96. The van der Waals surface area contributed by atoms with Gasteiger partial charge in [-0.25, -0.2) is 0 Å². The summed E-state index contributed by atoms with van der Waals surface area (Å²) < 4.78 is 0. The Morgan fingerprint density at radius 2 is 1.65 bits per heavy atom. The van der Waals surface area contributed by atoms with Gasteiger partial charge in [-0.2, -0.15) is 0 Å². The van der Waals surface area contributed by atoms with Crippen molar-refractivity contribution in [2.75, 3.05) is 6.54 Å². The van der Waals surface area contributed by atoms with Crippen LogP contribution in [0.2, 0.25) is 0 Å². The maximum Gasteiger partial charge on any atom is 0.225 e. The van der Waals surface area contributed by atoms with Crippen molar-refractivity contribution >= 4 is 5.91 Å². The van der Waals surface area contributed by atoms with Crippen LogP contribution in [0.5, 0.6) is 0 Å². The molecule has 1 heterocycles. The van der Waals surface area contributed by atoms with Gasteiger partial charge in [-0.1, -0.05) is 38.5 Å². The van der Waals surface area contributed by atoms with Crippen molar-refractivity contribution in [3.05, 3.63) is 0 Å². The van der Waals surface area contributed by atoms with Gasteiger partial charge in [-0.05, 0) is 39.0 Å². The smallest absolute Gasteiger partial charge is 0.225 e. The molecule has 20 heavy (non-hydrogen) atoms. The monoisotopic (exact) mass is 281 g/mol. The molecule has 0 spiro atoms. The van der Waals surface area contributed by atoms with Gasteiger partial charge < -0.3 is 10.0 Å². The first kappa shape index (κ1) is 15.8. The largest absolute Gasteiger partial charge is 0.393 e. The second kappa shape index (κ2) is 8.02. The summed E-state index contributed by atoms with van der Waals surface area (Å²) in [5, 5.41) is 9.71. The van der Waals surface area contributed by atoms with Crippen LogP contribution >= 0.6 is 0 Å². The number of rotatable bonds is 3. The maximum absolute atomic E-state index is 12.9. The Labute approximate surface area is 123 Å². The highest BCUT2D eigenvalue weighted by atomic mass is 16.3. The van der Waals surface area contributed by atoms with Gasteiger partial charge in [-0.3, -0.25) is 4.79 Å². The lowest BCUT2D eigenvalue weighted by Gasteiger charge is -2.33. The van der Waals surface area contributed by atoms with Gasteiger partial charge in [0.2, 0.25) is 5.91 Å². The van der Waals surface area contributed by atoms with Crippen LogP contribution < -0.4 is 0 Å². The second-order valence-electron chi connectivity index (χ2n) is 6.81. The van der Waals surface area contributed by atoms with Crippen LogP contribution in [0.1, 0.15) is 77.6 Å². The molecule has 0 aromatic rings. The summed E-state index contributed by atoms with van der Waals surface area (Å²) in [5.41, 5.74) is 0. The molecule has 1 aliphatic heterocycles. The topological polar surface area (TPSA) is 40.5 Å². The minimum absolute atomic E-state index is 0.257. The van der Waals surface area contributed by atoms with Gasteiger partial charge in [0, 0.05) is 18.5 Å². The number of amides is 1. The third kappa shape index (κ3) is 4.47. The number of hydrogen-bond donors (Lipinski definition) is 1. The zero-order chi connectivity index (χ0) is 14.4. The summed E-state index contributed by atoms with van der Waals surface area (Å²) in [7, 11) is 0. The number of carbonyl (C=O) groups is 1. The molecule has 1 saturated heterocycles. The van der Waals surface area contributed by atoms with Crippen molar-refractivity contribution in [2.24, 2.45) is 5.92 Å². The fraction of sp³-hybridized carbons (Fsp3) is 0.941. The van der Waals surface area contributed by atoms with Gasteiger partial charge in [0.25, 0.3) is 0 Å². The fourth-order valence-corrected chi connectivity index (χ4v) is 3.87. The summed E-state index contributed by atoms with van der Waals surface area (Å²) >= 11 is 0. The second-order valence-corrected chi connectivity index (χ2v) is 6.81. The Morgan fingerprint density at radius 3 is 2.30 bits per heavy atom.